The van der Waals surface area contributed by atoms with E-state index in [1.807, 2.05) is 48.5 Å². The summed E-state index contributed by atoms with van der Waals surface area (Å²) < 4.78 is 10.6. The van der Waals surface area contributed by atoms with Crippen LogP contribution in [0.2, 0.25) is 0 Å². The molecule has 7 heteroatoms. The number of carboxylic acids is 1. The van der Waals surface area contributed by atoms with E-state index in [9.17, 15) is 14.4 Å². The van der Waals surface area contributed by atoms with Crippen molar-refractivity contribution >= 4 is 18.0 Å². The van der Waals surface area contributed by atoms with Crippen LogP contribution in [0.5, 0.6) is 0 Å². The van der Waals surface area contributed by atoms with Gasteiger partial charge in [-0.05, 0) is 43.0 Å². The van der Waals surface area contributed by atoms with Crippen molar-refractivity contribution in [3.8, 4) is 11.1 Å². The summed E-state index contributed by atoms with van der Waals surface area (Å²) in [6, 6.07) is 14.5. The van der Waals surface area contributed by atoms with Crippen LogP contribution in [-0.4, -0.2) is 41.4 Å². The van der Waals surface area contributed by atoms with Crippen LogP contribution < -0.4 is 5.32 Å². The van der Waals surface area contributed by atoms with Crippen molar-refractivity contribution in [2.24, 2.45) is 0 Å². The van der Waals surface area contributed by atoms with Crippen molar-refractivity contribution < 1.29 is 29.0 Å². The minimum absolute atomic E-state index is 0.0635. The van der Waals surface area contributed by atoms with Crippen molar-refractivity contribution in [2.45, 2.75) is 44.8 Å². The number of hydrogen-bond acceptors (Lipinski definition) is 5. The Morgan fingerprint density at radius 3 is 2.03 bits per heavy atom. The summed E-state index contributed by atoms with van der Waals surface area (Å²) in [6.07, 6.45) is -1.46. The Morgan fingerprint density at radius 2 is 1.53 bits per heavy atom. The molecule has 1 unspecified atom stereocenters. The van der Waals surface area contributed by atoms with Gasteiger partial charge in [0.2, 0.25) is 0 Å². The van der Waals surface area contributed by atoms with Gasteiger partial charge in [-0.1, -0.05) is 48.5 Å². The number of aliphatic carboxylic acids is 1. The Balaban J connectivity index is 1.68. The second kappa shape index (κ2) is 8.57. The van der Waals surface area contributed by atoms with E-state index in [1.54, 1.807) is 20.8 Å². The van der Waals surface area contributed by atoms with Gasteiger partial charge in [0, 0.05) is 5.92 Å². The van der Waals surface area contributed by atoms with E-state index in [0.29, 0.717) is 0 Å². The first-order valence-corrected chi connectivity index (χ1v) is 9.72. The van der Waals surface area contributed by atoms with Gasteiger partial charge in [0.1, 0.15) is 18.2 Å². The zero-order valence-electron chi connectivity index (χ0n) is 17.2. The Bertz CT molecular complexity index is 917. The van der Waals surface area contributed by atoms with Gasteiger partial charge >= 0.3 is 18.0 Å². The predicted octanol–water partition coefficient (Wildman–Crippen LogP) is 3.71. The first-order valence-electron chi connectivity index (χ1n) is 9.72. The average molecular weight is 411 g/mol. The van der Waals surface area contributed by atoms with Crippen molar-refractivity contribution in [1.29, 1.82) is 0 Å². The lowest BCUT2D eigenvalue weighted by Crippen LogP contribution is -2.45. The second-order valence-corrected chi connectivity index (χ2v) is 8.15. The fourth-order valence-corrected chi connectivity index (χ4v) is 3.52. The number of ether oxygens (including phenoxy) is 2. The molecule has 2 aromatic rings. The van der Waals surface area contributed by atoms with Crippen LogP contribution in [0, 0.1) is 0 Å². The van der Waals surface area contributed by atoms with Crippen LogP contribution in [0.4, 0.5) is 4.79 Å². The third kappa shape index (κ3) is 4.97. The summed E-state index contributed by atoms with van der Waals surface area (Å²) in [4.78, 5) is 35.7. The molecule has 1 atom stereocenters. The highest BCUT2D eigenvalue weighted by molar-refractivity contribution is 5.86. The smallest absolute Gasteiger partial charge is 0.407 e. The Kier molecular flexibility index (Phi) is 6.10. The third-order valence-corrected chi connectivity index (χ3v) is 4.71. The highest BCUT2D eigenvalue weighted by Crippen LogP contribution is 2.44. The lowest BCUT2D eigenvalue weighted by atomic mass is 9.98. The first kappa shape index (κ1) is 21.4. The van der Waals surface area contributed by atoms with Gasteiger partial charge < -0.3 is 19.9 Å². The average Bonchev–Trinajstić information content (AvgIpc) is 2.98. The van der Waals surface area contributed by atoms with E-state index in [1.165, 1.54) is 0 Å². The predicted molar refractivity (Wildman–Crippen MR) is 110 cm³/mol. The topological polar surface area (TPSA) is 102 Å². The lowest BCUT2D eigenvalue weighted by Gasteiger charge is -2.24. The zero-order valence-corrected chi connectivity index (χ0v) is 17.2. The number of alkyl carbamates (subject to hydrolysis) is 1. The van der Waals surface area contributed by atoms with Crippen LogP contribution in [0.1, 0.15) is 44.2 Å². The molecule has 2 aromatic carbocycles. The summed E-state index contributed by atoms with van der Waals surface area (Å²) in [7, 11) is 0. The van der Waals surface area contributed by atoms with Crippen LogP contribution in [0.3, 0.4) is 0 Å². The molecule has 0 saturated carbocycles. The van der Waals surface area contributed by atoms with Crippen molar-refractivity contribution in [3.63, 3.8) is 0 Å². The number of fused-ring (bicyclic) bond motifs is 3. The summed E-state index contributed by atoms with van der Waals surface area (Å²) >= 11 is 0. The minimum atomic E-state index is -1.34. The molecule has 3 rings (SSSR count). The molecule has 0 fully saturated rings. The highest BCUT2D eigenvalue weighted by atomic mass is 16.6. The molecule has 0 aliphatic heterocycles. The molecule has 30 heavy (non-hydrogen) atoms. The van der Waals surface area contributed by atoms with Crippen LogP contribution in [-0.2, 0) is 19.1 Å². The van der Waals surface area contributed by atoms with Gasteiger partial charge in [0.15, 0.2) is 0 Å². The molecule has 7 nitrogen and oxygen atoms in total. The van der Waals surface area contributed by atoms with Gasteiger partial charge in [-0.2, -0.15) is 0 Å². The molecule has 0 saturated heterocycles. The van der Waals surface area contributed by atoms with E-state index in [0.717, 1.165) is 22.3 Å². The van der Waals surface area contributed by atoms with Gasteiger partial charge in [0.25, 0.3) is 0 Å². The number of esters is 1. The summed E-state index contributed by atoms with van der Waals surface area (Å²) in [5.41, 5.74) is 3.50. The van der Waals surface area contributed by atoms with Crippen LogP contribution in [0.25, 0.3) is 11.1 Å². The van der Waals surface area contributed by atoms with Gasteiger partial charge in [-0.3, -0.25) is 4.79 Å². The maximum Gasteiger partial charge on any atom is 0.407 e. The molecule has 1 aliphatic carbocycles. The summed E-state index contributed by atoms with van der Waals surface area (Å²) in [6.45, 7) is 5.05. The molecule has 0 radical (unpaired) electrons. The molecule has 2 N–H and O–H groups in total. The van der Waals surface area contributed by atoms with E-state index in [4.69, 9.17) is 14.6 Å². The molecule has 1 amide bonds. The molecule has 0 bridgehead atoms. The molecule has 158 valence electrons. The Labute approximate surface area is 175 Å². The standard InChI is InChI=1S/C23H25NO6/c1-23(2,3)30-21(27)19(12-20(25)26)24-22(28)29-13-18-16-10-6-4-8-14(16)15-9-5-7-11-17(15)18/h4-11,18-19H,12-13H2,1-3H3,(H,24,28)(H,25,26). The minimum Gasteiger partial charge on any atom is -0.481 e. The van der Waals surface area contributed by atoms with Crippen molar-refractivity contribution in [3.05, 3.63) is 59.7 Å². The molecule has 0 aromatic heterocycles. The Morgan fingerprint density at radius 1 is 1.00 bits per heavy atom. The molecular formula is C23H25NO6. The first-order chi connectivity index (χ1) is 14.2. The number of nitrogens with one attached hydrogen (secondary N) is 1. The van der Waals surface area contributed by atoms with E-state index < -0.39 is 36.1 Å². The summed E-state index contributed by atoms with van der Waals surface area (Å²) in [5.74, 6) is -2.19. The van der Waals surface area contributed by atoms with Crippen molar-refractivity contribution in [2.75, 3.05) is 6.61 Å². The third-order valence-electron chi connectivity index (χ3n) is 4.71. The summed E-state index contributed by atoms with van der Waals surface area (Å²) in [5, 5.41) is 11.4. The molecule has 0 heterocycles. The zero-order chi connectivity index (χ0) is 21.9. The lowest BCUT2D eigenvalue weighted by molar-refractivity contribution is -0.159. The number of benzene rings is 2. The molecule has 1 aliphatic rings. The maximum atomic E-state index is 12.4. The maximum absolute atomic E-state index is 12.4. The quantitative estimate of drug-likeness (QED) is 0.703. The number of rotatable bonds is 6. The number of carbonyl (C=O) groups excluding carboxylic acids is 2. The van der Waals surface area contributed by atoms with E-state index >= 15 is 0 Å². The van der Waals surface area contributed by atoms with Crippen molar-refractivity contribution in [1.82, 2.24) is 5.32 Å². The van der Waals surface area contributed by atoms with Gasteiger partial charge in [-0.15, -0.1) is 0 Å². The monoisotopic (exact) mass is 411 g/mol. The largest absolute Gasteiger partial charge is 0.481 e. The van der Waals surface area contributed by atoms with Crippen LogP contribution in [0.15, 0.2) is 48.5 Å². The molecule has 0 spiro atoms. The number of hydrogen-bond donors (Lipinski definition) is 2. The van der Waals surface area contributed by atoms with Gasteiger partial charge in [-0.25, -0.2) is 9.59 Å². The highest BCUT2D eigenvalue weighted by Gasteiger charge is 2.31. The number of carbonyl (C=O) groups is 3. The number of amides is 1. The Hall–Kier alpha value is -3.35. The van der Waals surface area contributed by atoms with E-state index in [-0.39, 0.29) is 12.5 Å². The SMILES string of the molecule is CC(C)(C)OC(=O)C(CC(=O)O)NC(=O)OCC1c2ccccc2-c2ccccc21. The fourth-order valence-electron chi connectivity index (χ4n) is 3.52. The van der Waals surface area contributed by atoms with Crippen LogP contribution >= 0.6 is 0 Å². The van der Waals surface area contributed by atoms with E-state index in [2.05, 4.69) is 5.32 Å². The normalized spacial score (nSPS) is 13.7. The second-order valence-electron chi connectivity index (χ2n) is 8.15. The number of carboxylic acid groups (broad SMARTS) is 1. The fraction of sp³-hybridized carbons (Fsp3) is 0.348. The molecular weight excluding hydrogens is 386 g/mol. The van der Waals surface area contributed by atoms with Gasteiger partial charge in [0.05, 0.1) is 6.42 Å².